The molecule has 0 aliphatic heterocycles. The molecule has 0 unspecified atom stereocenters. The van der Waals surface area contributed by atoms with E-state index in [9.17, 15) is 8.42 Å². The summed E-state index contributed by atoms with van der Waals surface area (Å²) in [6, 6.07) is 12.2. The molecule has 0 atom stereocenters. The van der Waals surface area contributed by atoms with Crippen molar-refractivity contribution in [1.29, 1.82) is 0 Å². The van der Waals surface area contributed by atoms with Gasteiger partial charge in [-0.3, -0.25) is 0 Å². The van der Waals surface area contributed by atoms with Crippen LogP contribution in [0.5, 0.6) is 0 Å². The van der Waals surface area contributed by atoms with Crippen LogP contribution in [0.4, 0.5) is 5.69 Å². The topological polar surface area (TPSA) is 78.0 Å². The Morgan fingerprint density at radius 1 is 1.15 bits per heavy atom. The summed E-state index contributed by atoms with van der Waals surface area (Å²) in [7, 11) is -3.23. The minimum Gasteiger partial charge on any atom is -0.399 e. The Hall–Kier alpha value is -2.34. The lowest BCUT2D eigenvalue weighted by molar-refractivity contribution is 0.601. The summed E-state index contributed by atoms with van der Waals surface area (Å²) in [5.74, 6) is 0. The van der Waals surface area contributed by atoms with Gasteiger partial charge in [-0.05, 0) is 36.4 Å². The normalized spacial score (nSPS) is 11.8. The molecule has 0 saturated heterocycles. The Morgan fingerprint density at radius 2 is 1.95 bits per heavy atom. The van der Waals surface area contributed by atoms with Crippen LogP contribution in [0.15, 0.2) is 53.6 Å². The number of hydrogen-bond acceptors (Lipinski definition) is 4. The maximum Gasteiger partial charge on any atom is 0.175 e. The predicted octanol–water partition coefficient (Wildman–Crippen LogP) is 2.01. The quantitative estimate of drug-likeness (QED) is 0.731. The standard InChI is InChI=1S/C14H13N3O2S/c1-20(18,19)13-4-2-3-12(8-13)17-9-10-5-6-11(15)7-14(10)16-17/h2-9H,15H2,1H3. The average Bonchev–Trinajstić information content (AvgIpc) is 2.81. The molecule has 1 heterocycles. The number of benzene rings is 2. The van der Waals surface area contributed by atoms with Crippen LogP contribution < -0.4 is 5.73 Å². The van der Waals surface area contributed by atoms with Crippen LogP contribution in [-0.2, 0) is 9.84 Å². The molecule has 0 spiro atoms. The number of hydrogen-bond donors (Lipinski definition) is 1. The highest BCUT2D eigenvalue weighted by Crippen LogP contribution is 2.20. The van der Waals surface area contributed by atoms with Crippen LogP contribution in [-0.4, -0.2) is 24.5 Å². The molecule has 0 fully saturated rings. The number of nitrogens with zero attached hydrogens (tertiary/aromatic N) is 2. The molecule has 2 N–H and O–H groups in total. The fraction of sp³-hybridized carbons (Fsp3) is 0.0714. The van der Waals surface area contributed by atoms with Gasteiger partial charge in [0.05, 0.1) is 16.1 Å². The van der Waals surface area contributed by atoms with E-state index in [-0.39, 0.29) is 4.90 Å². The Morgan fingerprint density at radius 3 is 2.70 bits per heavy atom. The van der Waals surface area contributed by atoms with Crippen LogP contribution in [0, 0.1) is 0 Å². The fourth-order valence-corrected chi connectivity index (χ4v) is 2.68. The van der Waals surface area contributed by atoms with Crippen molar-refractivity contribution in [2.75, 3.05) is 12.0 Å². The van der Waals surface area contributed by atoms with Crippen molar-refractivity contribution in [2.24, 2.45) is 0 Å². The van der Waals surface area contributed by atoms with Gasteiger partial charge in [0.25, 0.3) is 0 Å². The second-order valence-electron chi connectivity index (χ2n) is 4.66. The molecule has 0 amide bonds. The van der Waals surface area contributed by atoms with E-state index in [0.29, 0.717) is 11.4 Å². The van der Waals surface area contributed by atoms with Gasteiger partial charge in [0.15, 0.2) is 9.84 Å². The molecule has 2 aromatic carbocycles. The minimum atomic E-state index is -3.23. The highest BCUT2D eigenvalue weighted by molar-refractivity contribution is 7.90. The lowest BCUT2D eigenvalue weighted by Gasteiger charge is -2.03. The van der Waals surface area contributed by atoms with E-state index >= 15 is 0 Å². The van der Waals surface area contributed by atoms with Crippen molar-refractivity contribution in [1.82, 2.24) is 9.78 Å². The third-order valence-corrected chi connectivity index (χ3v) is 4.15. The first-order valence-electron chi connectivity index (χ1n) is 5.99. The van der Waals surface area contributed by atoms with E-state index in [0.717, 1.165) is 10.9 Å². The van der Waals surface area contributed by atoms with Gasteiger partial charge < -0.3 is 5.73 Å². The van der Waals surface area contributed by atoms with E-state index in [1.165, 1.54) is 6.26 Å². The second kappa shape index (κ2) is 4.35. The summed E-state index contributed by atoms with van der Waals surface area (Å²) in [5, 5.41) is 5.36. The highest BCUT2D eigenvalue weighted by Gasteiger charge is 2.09. The summed E-state index contributed by atoms with van der Waals surface area (Å²) in [5.41, 5.74) is 7.84. The molecule has 0 saturated carbocycles. The Kier molecular flexibility index (Phi) is 2.76. The summed E-state index contributed by atoms with van der Waals surface area (Å²) >= 11 is 0. The van der Waals surface area contributed by atoms with Gasteiger partial charge in [0.1, 0.15) is 0 Å². The largest absolute Gasteiger partial charge is 0.399 e. The molecule has 0 aliphatic carbocycles. The molecule has 5 nitrogen and oxygen atoms in total. The summed E-state index contributed by atoms with van der Waals surface area (Å²) in [6.07, 6.45) is 3.03. The lowest BCUT2D eigenvalue weighted by atomic mass is 10.2. The number of sulfone groups is 1. The molecule has 1 aromatic heterocycles. The highest BCUT2D eigenvalue weighted by atomic mass is 32.2. The number of aromatic nitrogens is 2. The van der Waals surface area contributed by atoms with Gasteiger partial charge in [0.2, 0.25) is 0 Å². The molecule has 0 radical (unpaired) electrons. The average molecular weight is 287 g/mol. The van der Waals surface area contributed by atoms with Crippen molar-refractivity contribution < 1.29 is 8.42 Å². The number of fused-ring (bicyclic) bond motifs is 1. The smallest absolute Gasteiger partial charge is 0.175 e. The van der Waals surface area contributed by atoms with Gasteiger partial charge >= 0.3 is 0 Å². The Labute approximate surface area is 116 Å². The van der Waals surface area contributed by atoms with Gasteiger partial charge in [-0.15, -0.1) is 0 Å². The Balaban J connectivity index is 2.16. The van der Waals surface area contributed by atoms with Gasteiger partial charge in [0, 0.05) is 23.5 Å². The zero-order valence-electron chi connectivity index (χ0n) is 10.8. The van der Waals surface area contributed by atoms with Crippen LogP contribution in [0.2, 0.25) is 0 Å². The minimum absolute atomic E-state index is 0.272. The predicted molar refractivity (Wildman–Crippen MR) is 78.6 cm³/mol. The number of anilines is 1. The SMILES string of the molecule is CS(=O)(=O)c1cccc(-n2cc3ccc(N)cc3n2)c1. The zero-order valence-corrected chi connectivity index (χ0v) is 11.6. The lowest BCUT2D eigenvalue weighted by Crippen LogP contribution is -2.00. The van der Waals surface area contributed by atoms with Crippen molar-refractivity contribution in [2.45, 2.75) is 4.90 Å². The first kappa shape index (κ1) is 12.7. The van der Waals surface area contributed by atoms with Crippen LogP contribution >= 0.6 is 0 Å². The first-order valence-corrected chi connectivity index (χ1v) is 7.88. The van der Waals surface area contributed by atoms with E-state index in [2.05, 4.69) is 5.10 Å². The van der Waals surface area contributed by atoms with Gasteiger partial charge in [-0.2, -0.15) is 5.10 Å². The summed E-state index contributed by atoms with van der Waals surface area (Å²) in [6.45, 7) is 0. The van der Waals surface area contributed by atoms with E-state index in [4.69, 9.17) is 5.73 Å². The van der Waals surface area contributed by atoms with Crippen molar-refractivity contribution >= 4 is 26.4 Å². The van der Waals surface area contributed by atoms with E-state index in [1.807, 2.05) is 18.3 Å². The van der Waals surface area contributed by atoms with Crippen LogP contribution in [0.1, 0.15) is 0 Å². The Bertz CT molecular complexity index is 898. The third kappa shape index (κ3) is 2.25. The monoisotopic (exact) mass is 287 g/mol. The maximum atomic E-state index is 11.6. The molecule has 6 heteroatoms. The van der Waals surface area contributed by atoms with Crippen LogP contribution in [0.25, 0.3) is 16.6 Å². The van der Waals surface area contributed by atoms with Gasteiger partial charge in [-0.25, -0.2) is 13.1 Å². The number of rotatable bonds is 2. The van der Waals surface area contributed by atoms with Crippen molar-refractivity contribution in [3.8, 4) is 5.69 Å². The van der Waals surface area contributed by atoms with Crippen molar-refractivity contribution in [3.63, 3.8) is 0 Å². The number of nitrogen functional groups attached to an aromatic ring is 1. The summed E-state index contributed by atoms with van der Waals surface area (Å²) in [4.78, 5) is 0.272. The van der Waals surface area contributed by atoms with Crippen LogP contribution in [0.3, 0.4) is 0 Å². The fourth-order valence-electron chi connectivity index (χ4n) is 2.02. The molecule has 20 heavy (non-hydrogen) atoms. The molecule has 0 aliphatic rings. The zero-order chi connectivity index (χ0) is 14.3. The van der Waals surface area contributed by atoms with Crippen molar-refractivity contribution in [3.05, 3.63) is 48.7 Å². The molecule has 102 valence electrons. The molecule has 3 aromatic rings. The maximum absolute atomic E-state index is 11.6. The molecular weight excluding hydrogens is 274 g/mol. The third-order valence-electron chi connectivity index (χ3n) is 3.04. The van der Waals surface area contributed by atoms with E-state index in [1.54, 1.807) is 35.0 Å². The van der Waals surface area contributed by atoms with E-state index < -0.39 is 9.84 Å². The van der Waals surface area contributed by atoms with Gasteiger partial charge in [-0.1, -0.05) is 6.07 Å². The summed E-state index contributed by atoms with van der Waals surface area (Å²) < 4.78 is 24.8. The second-order valence-corrected chi connectivity index (χ2v) is 6.68. The molecular formula is C14H13N3O2S. The number of nitrogens with two attached hydrogens (primary N) is 1. The molecule has 0 bridgehead atoms. The first-order chi connectivity index (χ1) is 9.43. The molecule has 3 rings (SSSR count).